The van der Waals surface area contributed by atoms with Gasteiger partial charge in [0.15, 0.2) is 0 Å². The van der Waals surface area contributed by atoms with Crippen LogP contribution in [0.25, 0.3) is 0 Å². The van der Waals surface area contributed by atoms with E-state index in [9.17, 15) is 0 Å². The minimum absolute atomic E-state index is 0.215. The zero-order chi connectivity index (χ0) is 11.7. The lowest BCUT2D eigenvalue weighted by atomic mass is 9.72. The van der Waals surface area contributed by atoms with E-state index in [0.29, 0.717) is 5.92 Å². The Balaban J connectivity index is 2.13. The number of hydrogen-bond acceptors (Lipinski definition) is 1. The number of rotatable bonds is 2. The summed E-state index contributed by atoms with van der Waals surface area (Å²) in [4.78, 5) is 0. The molecule has 0 amide bonds. The Morgan fingerprint density at radius 1 is 1.50 bits per heavy atom. The van der Waals surface area contributed by atoms with Gasteiger partial charge < -0.3 is 5.11 Å². The van der Waals surface area contributed by atoms with Crippen LogP contribution in [0, 0.1) is 17.8 Å². The van der Waals surface area contributed by atoms with Crippen LogP contribution in [0.5, 0.6) is 0 Å². The molecule has 0 aliphatic heterocycles. The van der Waals surface area contributed by atoms with E-state index in [4.69, 9.17) is 5.11 Å². The minimum Gasteiger partial charge on any atom is -0.392 e. The molecule has 0 bridgehead atoms. The summed E-state index contributed by atoms with van der Waals surface area (Å²) in [5, 5.41) is 9.09. The normalized spacial score (nSPS) is 35.5. The molecule has 0 aromatic carbocycles. The van der Waals surface area contributed by atoms with Gasteiger partial charge in [-0.1, -0.05) is 29.7 Å². The van der Waals surface area contributed by atoms with Crippen molar-refractivity contribution in [3.05, 3.63) is 22.8 Å². The first-order valence-corrected chi connectivity index (χ1v) is 6.58. The third-order valence-corrected chi connectivity index (χ3v) is 4.44. The van der Waals surface area contributed by atoms with Gasteiger partial charge in [-0.3, -0.25) is 0 Å². The lowest BCUT2D eigenvalue weighted by molar-refractivity contribution is 0.285. The first-order valence-electron chi connectivity index (χ1n) is 6.58. The molecule has 0 spiro atoms. The van der Waals surface area contributed by atoms with Crippen LogP contribution in [-0.4, -0.2) is 11.7 Å². The van der Waals surface area contributed by atoms with Crippen LogP contribution < -0.4 is 0 Å². The molecule has 1 N–H and O–H groups in total. The largest absolute Gasteiger partial charge is 0.392 e. The quantitative estimate of drug-likeness (QED) is 0.704. The van der Waals surface area contributed by atoms with Gasteiger partial charge in [-0.15, -0.1) is 0 Å². The average molecular weight is 220 g/mol. The fourth-order valence-corrected chi connectivity index (χ4v) is 3.57. The maximum Gasteiger partial charge on any atom is 0.0639 e. The third kappa shape index (κ3) is 2.24. The van der Waals surface area contributed by atoms with Crippen LogP contribution in [0.1, 0.15) is 46.5 Å². The second-order valence-corrected chi connectivity index (χ2v) is 5.80. The van der Waals surface area contributed by atoms with Gasteiger partial charge in [0.2, 0.25) is 0 Å². The molecule has 0 radical (unpaired) electrons. The number of fused-ring (bicyclic) bond motifs is 1. The lowest BCUT2D eigenvalue weighted by Crippen LogP contribution is -2.22. The molecule has 0 heterocycles. The van der Waals surface area contributed by atoms with E-state index < -0.39 is 0 Å². The molecule has 0 saturated heterocycles. The summed E-state index contributed by atoms with van der Waals surface area (Å²) in [6.07, 6.45) is 7.56. The molecule has 1 saturated carbocycles. The highest BCUT2D eigenvalue weighted by Crippen LogP contribution is 2.47. The summed E-state index contributed by atoms with van der Waals surface area (Å²) in [5.41, 5.74) is 4.52. The summed E-state index contributed by atoms with van der Waals surface area (Å²) >= 11 is 0. The van der Waals surface area contributed by atoms with E-state index in [1.807, 2.05) is 6.92 Å². The molecule has 0 aromatic heterocycles. The molecule has 2 rings (SSSR count). The highest BCUT2D eigenvalue weighted by molar-refractivity contribution is 5.26. The number of aliphatic hydroxyl groups excluding tert-OH is 1. The molecule has 1 nitrogen and oxygen atoms in total. The molecule has 2 aliphatic rings. The minimum atomic E-state index is 0.215. The topological polar surface area (TPSA) is 20.2 Å². The van der Waals surface area contributed by atoms with Crippen molar-refractivity contribution in [2.45, 2.75) is 46.5 Å². The third-order valence-electron chi connectivity index (χ3n) is 4.44. The van der Waals surface area contributed by atoms with Crippen LogP contribution in [0.15, 0.2) is 22.8 Å². The van der Waals surface area contributed by atoms with Gasteiger partial charge in [-0.05, 0) is 57.3 Å². The van der Waals surface area contributed by atoms with Crippen molar-refractivity contribution in [3.8, 4) is 0 Å². The number of hydrogen-bond donors (Lipinski definition) is 1. The highest BCUT2D eigenvalue weighted by Gasteiger charge is 2.34. The van der Waals surface area contributed by atoms with Crippen molar-refractivity contribution in [2.75, 3.05) is 6.61 Å². The van der Waals surface area contributed by atoms with Gasteiger partial charge in [0.1, 0.15) is 0 Å². The van der Waals surface area contributed by atoms with Crippen LogP contribution in [-0.2, 0) is 0 Å². The molecule has 16 heavy (non-hydrogen) atoms. The van der Waals surface area contributed by atoms with Gasteiger partial charge in [0.25, 0.3) is 0 Å². The van der Waals surface area contributed by atoms with Crippen molar-refractivity contribution in [1.29, 1.82) is 0 Å². The van der Waals surface area contributed by atoms with Crippen molar-refractivity contribution >= 4 is 0 Å². The molecular weight excluding hydrogens is 196 g/mol. The predicted molar refractivity (Wildman–Crippen MR) is 68.2 cm³/mol. The fraction of sp³-hybridized carbons (Fsp3) is 0.733. The van der Waals surface area contributed by atoms with Crippen LogP contribution in [0.3, 0.4) is 0 Å². The zero-order valence-corrected chi connectivity index (χ0v) is 10.8. The first kappa shape index (κ1) is 11.9. The Bertz CT molecular complexity index is 324. The maximum atomic E-state index is 9.09. The zero-order valence-electron chi connectivity index (χ0n) is 10.8. The van der Waals surface area contributed by atoms with Gasteiger partial charge in [-0.25, -0.2) is 0 Å². The van der Waals surface area contributed by atoms with Crippen LogP contribution in [0.2, 0.25) is 0 Å². The van der Waals surface area contributed by atoms with Crippen molar-refractivity contribution in [1.82, 2.24) is 0 Å². The maximum absolute atomic E-state index is 9.09. The molecule has 0 aromatic rings. The molecule has 90 valence electrons. The van der Waals surface area contributed by atoms with Gasteiger partial charge in [0, 0.05) is 0 Å². The summed E-state index contributed by atoms with van der Waals surface area (Å²) < 4.78 is 0. The van der Waals surface area contributed by atoms with Crippen LogP contribution >= 0.6 is 0 Å². The second-order valence-electron chi connectivity index (χ2n) is 5.80. The monoisotopic (exact) mass is 220 g/mol. The van der Waals surface area contributed by atoms with E-state index in [1.165, 1.54) is 25.7 Å². The lowest BCUT2D eigenvalue weighted by Gasteiger charge is -2.33. The molecular formula is C15H24O. The van der Waals surface area contributed by atoms with E-state index in [-0.39, 0.29) is 6.61 Å². The van der Waals surface area contributed by atoms with Gasteiger partial charge in [-0.2, -0.15) is 0 Å². The highest BCUT2D eigenvalue weighted by atomic mass is 16.3. The van der Waals surface area contributed by atoms with E-state index in [0.717, 1.165) is 17.4 Å². The Hall–Kier alpha value is -0.560. The standard InChI is InChI=1S/C15H24O/c1-10(9-16)6-13-7-12(3)14-5-4-11(2)15(14)8-13/h6,12-14,16H,4-5,7-9H2,1-3H3/b10-6+/t12-,13-,14-/m1/s1. The Labute approximate surface area is 99.3 Å². The second kappa shape index (κ2) is 4.75. The summed E-state index contributed by atoms with van der Waals surface area (Å²) in [6, 6.07) is 0. The first-order chi connectivity index (χ1) is 7.61. The molecule has 1 fully saturated rings. The number of allylic oxidation sites excluding steroid dienone is 3. The number of aliphatic hydroxyl groups is 1. The van der Waals surface area contributed by atoms with Gasteiger partial charge >= 0.3 is 0 Å². The summed E-state index contributed by atoms with van der Waals surface area (Å²) in [5.74, 6) is 2.37. The van der Waals surface area contributed by atoms with Gasteiger partial charge in [0.05, 0.1) is 6.61 Å². The summed E-state index contributed by atoms with van der Waals surface area (Å²) in [7, 11) is 0. The van der Waals surface area contributed by atoms with Crippen LogP contribution in [0.4, 0.5) is 0 Å². The Kier molecular flexibility index (Phi) is 3.53. The molecule has 2 aliphatic carbocycles. The SMILES string of the molecule is CC1=C2C[C@H](/C=C(\C)CO)C[C@@H](C)[C@H]2CC1. The smallest absolute Gasteiger partial charge is 0.0639 e. The van der Waals surface area contributed by atoms with Crippen molar-refractivity contribution < 1.29 is 5.11 Å². The Morgan fingerprint density at radius 2 is 2.25 bits per heavy atom. The van der Waals surface area contributed by atoms with E-state index >= 15 is 0 Å². The average Bonchev–Trinajstić information content (AvgIpc) is 2.61. The van der Waals surface area contributed by atoms with E-state index in [1.54, 1.807) is 11.1 Å². The predicted octanol–water partition coefficient (Wildman–Crippen LogP) is 3.70. The molecule has 1 heteroatoms. The Morgan fingerprint density at radius 3 is 2.94 bits per heavy atom. The van der Waals surface area contributed by atoms with Crippen molar-refractivity contribution in [3.63, 3.8) is 0 Å². The summed E-state index contributed by atoms with van der Waals surface area (Å²) in [6.45, 7) is 6.96. The molecule has 0 unspecified atom stereocenters. The fourth-order valence-electron chi connectivity index (χ4n) is 3.57. The van der Waals surface area contributed by atoms with E-state index in [2.05, 4.69) is 19.9 Å². The van der Waals surface area contributed by atoms with Crippen molar-refractivity contribution in [2.24, 2.45) is 17.8 Å². The molecule has 3 atom stereocenters.